The van der Waals surface area contributed by atoms with Crippen LogP contribution >= 0.6 is 0 Å². The van der Waals surface area contributed by atoms with Crippen LogP contribution in [0.4, 0.5) is 10.5 Å². The topological polar surface area (TPSA) is 140 Å². The van der Waals surface area contributed by atoms with E-state index in [1.54, 1.807) is 52.1 Å². The number of unbranched alkanes of at least 4 members (excludes halogenated alkanes) is 5. The first-order valence-corrected chi connectivity index (χ1v) is 15.9. The smallest absolute Gasteiger partial charge is 0.408 e. The van der Waals surface area contributed by atoms with E-state index in [1.165, 1.54) is 4.90 Å². The minimum Gasteiger partial charge on any atom is -0.497 e. The van der Waals surface area contributed by atoms with Crippen LogP contribution in [0.3, 0.4) is 0 Å². The number of ether oxygens (including phenoxy) is 2. The predicted octanol–water partition coefficient (Wildman–Crippen LogP) is 6.34. The van der Waals surface area contributed by atoms with E-state index in [9.17, 15) is 19.2 Å². The molecule has 4 N–H and O–H groups in total. The average Bonchev–Trinajstić information content (AvgIpc) is 2.94. The number of primary amides is 1. The molecule has 248 valence electrons. The Kier molecular flexibility index (Phi) is 14.9. The fourth-order valence-corrected chi connectivity index (χ4v) is 5.15. The number of carbonyl (C=O) groups excluding carboxylic acids is 4. The number of aryl methyl sites for hydroxylation is 2. The standard InChI is InChI=1S/C35H52N4O6/c1-8-9-10-11-12-13-20-39(33(42)29(18-19-30(36)40)38-34(43)45-35(4,5)6)31(26-22-24(2)21-25(3)23-26)32(41)37-27-14-16-28(44-7)17-15-27/h14-17,21-23,29,31H,8-13,18-20H2,1-7H3,(H2,36,40)(H,37,41)(H,38,43). The van der Waals surface area contributed by atoms with Crippen molar-refractivity contribution in [3.05, 3.63) is 59.2 Å². The van der Waals surface area contributed by atoms with Gasteiger partial charge >= 0.3 is 6.09 Å². The molecule has 0 aliphatic rings. The number of benzene rings is 2. The normalized spacial score (nSPS) is 12.5. The zero-order valence-electron chi connectivity index (χ0n) is 28.0. The molecule has 10 heteroatoms. The zero-order valence-corrected chi connectivity index (χ0v) is 28.0. The molecule has 0 bridgehead atoms. The van der Waals surface area contributed by atoms with Gasteiger partial charge in [0.1, 0.15) is 23.4 Å². The van der Waals surface area contributed by atoms with Crippen molar-refractivity contribution in [1.29, 1.82) is 0 Å². The summed E-state index contributed by atoms with van der Waals surface area (Å²) in [6, 6.07) is 10.6. The van der Waals surface area contributed by atoms with E-state index in [2.05, 4.69) is 17.6 Å². The summed E-state index contributed by atoms with van der Waals surface area (Å²) < 4.78 is 10.7. The van der Waals surface area contributed by atoms with E-state index >= 15 is 0 Å². The van der Waals surface area contributed by atoms with Gasteiger partial charge in [0.2, 0.25) is 11.8 Å². The molecule has 0 aromatic heterocycles. The molecule has 0 heterocycles. The predicted molar refractivity (Wildman–Crippen MR) is 177 cm³/mol. The lowest BCUT2D eigenvalue weighted by Crippen LogP contribution is -2.52. The van der Waals surface area contributed by atoms with Gasteiger partial charge in [-0.1, -0.05) is 68.4 Å². The molecular formula is C35H52N4O6. The van der Waals surface area contributed by atoms with Gasteiger partial charge in [-0.25, -0.2) is 4.79 Å². The van der Waals surface area contributed by atoms with Crippen LogP contribution in [0.15, 0.2) is 42.5 Å². The third kappa shape index (κ3) is 13.2. The fraction of sp³-hybridized carbons (Fsp3) is 0.543. The van der Waals surface area contributed by atoms with Crippen molar-refractivity contribution in [3.63, 3.8) is 0 Å². The summed E-state index contributed by atoms with van der Waals surface area (Å²) in [5.74, 6) is -0.867. The summed E-state index contributed by atoms with van der Waals surface area (Å²) >= 11 is 0. The van der Waals surface area contributed by atoms with Gasteiger partial charge in [-0.15, -0.1) is 0 Å². The molecule has 0 aliphatic carbocycles. The average molecular weight is 625 g/mol. The van der Waals surface area contributed by atoms with Crippen LogP contribution in [0.1, 0.15) is 102 Å². The van der Waals surface area contributed by atoms with E-state index in [0.29, 0.717) is 23.4 Å². The highest BCUT2D eigenvalue weighted by Crippen LogP contribution is 2.28. The molecule has 4 amide bonds. The molecule has 0 spiro atoms. The molecule has 0 saturated carbocycles. The lowest BCUT2D eigenvalue weighted by molar-refractivity contribution is -0.141. The van der Waals surface area contributed by atoms with Crippen molar-refractivity contribution in [2.24, 2.45) is 5.73 Å². The molecule has 2 atom stereocenters. The summed E-state index contributed by atoms with van der Waals surface area (Å²) in [5.41, 5.74) is 7.71. The maximum atomic E-state index is 14.5. The first kappa shape index (κ1) is 37.1. The molecule has 0 saturated heterocycles. The Labute approximate surface area is 268 Å². The van der Waals surface area contributed by atoms with Crippen molar-refractivity contribution in [2.75, 3.05) is 19.0 Å². The van der Waals surface area contributed by atoms with Crippen molar-refractivity contribution < 1.29 is 28.7 Å². The van der Waals surface area contributed by atoms with Gasteiger partial charge in [-0.2, -0.15) is 0 Å². The van der Waals surface area contributed by atoms with Crippen LogP contribution in [-0.4, -0.2) is 54.0 Å². The van der Waals surface area contributed by atoms with Gasteiger partial charge in [0.25, 0.3) is 5.91 Å². The molecule has 0 fully saturated rings. The Morgan fingerprint density at radius 3 is 2.07 bits per heavy atom. The van der Waals surface area contributed by atoms with Crippen molar-refractivity contribution in [2.45, 2.75) is 111 Å². The summed E-state index contributed by atoms with van der Waals surface area (Å²) in [6.45, 7) is 11.5. The highest BCUT2D eigenvalue weighted by Gasteiger charge is 2.36. The number of hydrogen-bond donors (Lipinski definition) is 3. The van der Waals surface area contributed by atoms with Gasteiger partial charge in [0.05, 0.1) is 7.11 Å². The number of hydrogen-bond acceptors (Lipinski definition) is 6. The maximum Gasteiger partial charge on any atom is 0.408 e. The molecule has 2 aromatic rings. The highest BCUT2D eigenvalue weighted by molar-refractivity contribution is 5.99. The number of anilines is 1. The fourth-order valence-electron chi connectivity index (χ4n) is 5.15. The number of alkyl carbamates (subject to hydrolysis) is 1. The van der Waals surface area contributed by atoms with Gasteiger partial charge in [-0.3, -0.25) is 14.4 Å². The number of nitrogens with one attached hydrogen (secondary N) is 2. The van der Waals surface area contributed by atoms with E-state index in [0.717, 1.165) is 43.2 Å². The van der Waals surface area contributed by atoms with E-state index in [4.69, 9.17) is 15.2 Å². The highest BCUT2D eigenvalue weighted by atomic mass is 16.6. The minimum atomic E-state index is -1.14. The number of methoxy groups -OCH3 is 1. The monoisotopic (exact) mass is 624 g/mol. The number of rotatable bonds is 17. The summed E-state index contributed by atoms with van der Waals surface area (Å²) in [4.78, 5) is 54.8. The van der Waals surface area contributed by atoms with Gasteiger partial charge in [-0.05, 0) is 77.3 Å². The summed E-state index contributed by atoms with van der Waals surface area (Å²) in [6.07, 6.45) is 4.89. The van der Waals surface area contributed by atoms with Gasteiger partial charge in [0.15, 0.2) is 0 Å². The number of nitrogens with two attached hydrogens (primary N) is 1. The van der Waals surface area contributed by atoms with Gasteiger partial charge in [0, 0.05) is 18.7 Å². The van der Waals surface area contributed by atoms with Crippen molar-refractivity contribution in [1.82, 2.24) is 10.2 Å². The van der Waals surface area contributed by atoms with Crippen LogP contribution in [0, 0.1) is 13.8 Å². The van der Waals surface area contributed by atoms with Crippen LogP contribution in [-0.2, 0) is 19.1 Å². The minimum absolute atomic E-state index is 0.0416. The lowest BCUT2D eigenvalue weighted by atomic mass is 9.97. The lowest BCUT2D eigenvalue weighted by Gasteiger charge is -2.35. The second kappa shape index (κ2) is 18.0. The molecule has 45 heavy (non-hydrogen) atoms. The third-order valence-electron chi connectivity index (χ3n) is 7.18. The molecular weight excluding hydrogens is 572 g/mol. The largest absolute Gasteiger partial charge is 0.497 e. The second-order valence-corrected chi connectivity index (χ2v) is 12.5. The number of amides is 4. The SMILES string of the molecule is CCCCCCCCN(C(=O)C(CCC(N)=O)NC(=O)OC(C)(C)C)C(C(=O)Nc1ccc(OC)cc1)c1cc(C)cc(C)c1. The van der Waals surface area contributed by atoms with Crippen LogP contribution in [0.5, 0.6) is 5.75 Å². The van der Waals surface area contributed by atoms with E-state index in [1.807, 2.05) is 32.0 Å². The molecule has 2 aromatic carbocycles. The van der Waals surface area contributed by atoms with E-state index < -0.39 is 41.5 Å². The first-order valence-electron chi connectivity index (χ1n) is 15.9. The zero-order chi connectivity index (χ0) is 33.6. The molecule has 0 radical (unpaired) electrons. The maximum absolute atomic E-state index is 14.5. The first-order chi connectivity index (χ1) is 21.2. The van der Waals surface area contributed by atoms with Crippen LogP contribution < -0.4 is 21.1 Å². The molecule has 2 unspecified atom stereocenters. The molecule has 0 aliphatic heterocycles. The van der Waals surface area contributed by atoms with Crippen LogP contribution in [0.25, 0.3) is 0 Å². The summed E-state index contributed by atoms with van der Waals surface area (Å²) in [7, 11) is 1.56. The second-order valence-electron chi connectivity index (χ2n) is 12.5. The van der Waals surface area contributed by atoms with Crippen LogP contribution in [0.2, 0.25) is 0 Å². The number of carbonyl (C=O) groups is 4. The third-order valence-corrected chi connectivity index (χ3v) is 7.18. The van der Waals surface area contributed by atoms with Crippen molar-refractivity contribution in [3.8, 4) is 5.75 Å². The summed E-state index contributed by atoms with van der Waals surface area (Å²) in [5, 5.41) is 5.62. The Bertz CT molecular complexity index is 1250. The Hall–Kier alpha value is -4.08. The van der Waals surface area contributed by atoms with E-state index in [-0.39, 0.29) is 19.4 Å². The van der Waals surface area contributed by atoms with Gasteiger partial charge < -0.3 is 30.7 Å². The number of nitrogens with zero attached hydrogens (tertiary/aromatic N) is 1. The Balaban J connectivity index is 2.57. The molecule has 2 rings (SSSR count). The Morgan fingerprint density at radius 1 is 0.911 bits per heavy atom. The quantitative estimate of drug-likeness (QED) is 0.176. The van der Waals surface area contributed by atoms with Crippen molar-refractivity contribution >= 4 is 29.5 Å². The Morgan fingerprint density at radius 2 is 1.51 bits per heavy atom. The molecule has 10 nitrogen and oxygen atoms in total.